The molecule has 3 rings (SSSR count). The van der Waals surface area contributed by atoms with E-state index in [4.69, 9.17) is 0 Å². The van der Waals surface area contributed by atoms with Gasteiger partial charge in [0.15, 0.2) is 0 Å². The van der Waals surface area contributed by atoms with Crippen LogP contribution in [-0.2, 0) is 4.79 Å². The van der Waals surface area contributed by atoms with Gasteiger partial charge in [-0.3, -0.25) is 24.6 Å². The van der Waals surface area contributed by atoms with Crippen LogP contribution in [0.15, 0.2) is 24.3 Å². The van der Waals surface area contributed by atoms with E-state index in [0.717, 1.165) is 32.1 Å². The van der Waals surface area contributed by atoms with E-state index in [-0.39, 0.29) is 23.5 Å². The van der Waals surface area contributed by atoms with Crippen molar-refractivity contribution < 1.29 is 14.5 Å². The van der Waals surface area contributed by atoms with Gasteiger partial charge in [0.05, 0.1) is 4.92 Å². The van der Waals surface area contributed by atoms with Gasteiger partial charge in [-0.05, 0) is 37.3 Å². The van der Waals surface area contributed by atoms with Gasteiger partial charge in [-0.2, -0.15) is 0 Å². The van der Waals surface area contributed by atoms with Crippen molar-refractivity contribution in [1.82, 2.24) is 4.90 Å². The molecule has 1 aliphatic heterocycles. The highest BCUT2D eigenvalue weighted by molar-refractivity contribution is 6.05. The van der Waals surface area contributed by atoms with Gasteiger partial charge in [-0.25, -0.2) is 0 Å². The molecule has 1 saturated heterocycles. The number of piperidine rings is 1. The minimum atomic E-state index is -0.503. The van der Waals surface area contributed by atoms with Crippen molar-refractivity contribution >= 4 is 17.5 Å². The minimum absolute atomic E-state index is 0.00214. The number of nitro groups is 1. The molecule has 1 aromatic rings. The number of hydrogen-bond acceptors (Lipinski definition) is 4. The van der Waals surface area contributed by atoms with E-state index in [9.17, 15) is 19.7 Å². The van der Waals surface area contributed by atoms with Crippen LogP contribution in [0.3, 0.4) is 0 Å². The zero-order valence-corrected chi connectivity index (χ0v) is 12.2. The highest BCUT2D eigenvalue weighted by atomic mass is 16.6. The van der Waals surface area contributed by atoms with Crippen LogP contribution in [0.25, 0.3) is 0 Å². The van der Waals surface area contributed by atoms with Gasteiger partial charge in [-0.15, -0.1) is 0 Å². The molecule has 0 aromatic heterocycles. The Bertz CT molecular complexity index is 611. The molecule has 1 saturated carbocycles. The van der Waals surface area contributed by atoms with Crippen molar-refractivity contribution in [3.63, 3.8) is 0 Å². The van der Waals surface area contributed by atoms with Gasteiger partial charge in [0.25, 0.3) is 11.6 Å². The average molecular weight is 302 g/mol. The highest BCUT2D eigenvalue weighted by Gasteiger charge is 2.40. The first-order chi connectivity index (χ1) is 10.6. The summed E-state index contributed by atoms with van der Waals surface area (Å²) in [6, 6.07) is 5.47. The molecule has 0 N–H and O–H groups in total. The number of rotatable bonds is 2. The summed E-state index contributed by atoms with van der Waals surface area (Å²) < 4.78 is 0. The molecular formula is C16H18N2O4. The van der Waals surface area contributed by atoms with E-state index in [2.05, 4.69) is 0 Å². The van der Waals surface area contributed by atoms with E-state index in [1.165, 1.54) is 29.2 Å². The standard InChI is InChI=1S/C16H18N2O4/c19-15-10-7-11-3-1-2-4-14(11)17(15)16(20)12-5-8-13(9-6-12)18(21)22/h5-6,8-9,11,14H,1-4,7,10H2. The Morgan fingerprint density at radius 1 is 1.14 bits per heavy atom. The fourth-order valence-corrected chi connectivity index (χ4v) is 3.61. The number of non-ortho nitro benzene ring substituents is 1. The van der Waals surface area contributed by atoms with Crippen LogP contribution in [0.1, 0.15) is 48.9 Å². The number of nitrogens with zero attached hydrogens (tertiary/aromatic N) is 2. The molecule has 1 aromatic carbocycles. The molecule has 2 unspecified atom stereocenters. The lowest BCUT2D eigenvalue weighted by Crippen LogP contribution is -2.52. The number of amides is 2. The fourth-order valence-electron chi connectivity index (χ4n) is 3.61. The van der Waals surface area contributed by atoms with Crippen molar-refractivity contribution in [3.05, 3.63) is 39.9 Å². The third-order valence-electron chi connectivity index (χ3n) is 4.74. The molecule has 0 spiro atoms. The van der Waals surface area contributed by atoms with Crippen molar-refractivity contribution in [2.45, 2.75) is 44.6 Å². The van der Waals surface area contributed by atoms with Gasteiger partial charge in [-0.1, -0.05) is 12.8 Å². The molecule has 0 radical (unpaired) electrons. The lowest BCUT2D eigenvalue weighted by atomic mass is 9.78. The number of nitro benzene ring substituents is 1. The first-order valence-electron chi connectivity index (χ1n) is 7.69. The predicted molar refractivity (Wildman–Crippen MR) is 79.3 cm³/mol. The molecule has 2 aliphatic rings. The number of imide groups is 1. The lowest BCUT2D eigenvalue weighted by molar-refractivity contribution is -0.384. The minimum Gasteiger partial charge on any atom is -0.275 e. The van der Waals surface area contributed by atoms with Crippen LogP contribution in [0, 0.1) is 16.0 Å². The van der Waals surface area contributed by atoms with Crippen molar-refractivity contribution in [2.75, 3.05) is 0 Å². The third-order valence-corrected chi connectivity index (χ3v) is 4.74. The van der Waals surface area contributed by atoms with Gasteiger partial charge >= 0.3 is 0 Å². The first kappa shape index (κ1) is 14.7. The van der Waals surface area contributed by atoms with Crippen molar-refractivity contribution in [1.29, 1.82) is 0 Å². The van der Waals surface area contributed by atoms with Gasteiger partial charge in [0.1, 0.15) is 0 Å². The summed E-state index contributed by atoms with van der Waals surface area (Å²) >= 11 is 0. The maximum absolute atomic E-state index is 12.7. The van der Waals surface area contributed by atoms with Crippen LogP contribution in [0.4, 0.5) is 5.69 Å². The Morgan fingerprint density at radius 3 is 2.50 bits per heavy atom. The zero-order chi connectivity index (χ0) is 15.7. The molecule has 1 heterocycles. The van der Waals surface area contributed by atoms with Gasteiger partial charge in [0.2, 0.25) is 5.91 Å². The van der Waals surface area contributed by atoms with Crippen LogP contribution < -0.4 is 0 Å². The number of fused-ring (bicyclic) bond motifs is 1. The summed E-state index contributed by atoms with van der Waals surface area (Å²) in [4.78, 5) is 36.5. The Hall–Kier alpha value is -2.24. The fraction of sp³-hybridized carbons (Fsp3) is 0.500. The number of carbonyl (C=O) groups is 2. The summed E-state index contributed by atoms with van der Waals surface area (Å²) in [5.74, 6) is -0.0311. The number of carbonyl (C=O) groups excluding carboxylic acids is 2. The lowest BCUT2D eigenvalue weighted by Gasteiger charge is -2.42. The van der Waals surface area contributed by atoms with Crippen LogP contribution in [0.5, 0.6) is 0 Å². The van der Waals surface area contributed by atoms with Gasteiger partial charge in [0, 0.05) is 30.2 Å². The summed E-state index contributed by atoms with van der Waals surface area (Å²) in [5.41, 5.74) is 0.280. The molecule has 22 heavy (non-hydrogen) atoms. The predicted octanol–water partition coefficient (Wildman–Crippen LogP) is 2.92. The second kappa shape index (κ2) is 5.87. The number of hydrogen-bond donors (Lipinski definition) is 0. The topological polar surface area (TPSA) is 80.5 Å². The number of likely N-dealkylation sites (tertiary alicyclic amines) is 1. The first-order valence-corrected chi connectivity index (χ1v) is 7.69. The molecule has 116 valence electrons. The zero-order valence-electron chi connectivity index (χ0n) is 12.2. The Morgan fingerprint density at radius 2 is 1.82 bits per heavy atom. The molecule has 2 fully saturated rings. The molecule has 1 aliphatic carbocycles. The van der Waals surface area contributed by atoms with Crippen LogP contribution >= 0.6 is 0 Å². The van der Waals surface area contributed by atoms with E-state index in [1.54, 1.807) is 0 Å². The summed E-state index contributed by atoms with van der Waals surface area (Å²) in [5, 5.41) is 10.7. The molecule has 2 atom stereocenters. The Labute approximate surface area is 128 Å². The third kappa shape index (κ3) is 2.61. The highest BCUT2D eigenvalue weighted by Crippen LogP contribution is 2.36. The largest absolute Gasteiger partial charge is 0.275 e. The monoisotopic (exact) mass is 302 g/mol. The Balaban J connectivity index is 1.85. The summed E-state index contributed by atoms with van der Waals surface area (Å²) in [7, 11) is 0. The Kier molecular flexibility index (Phi) is 3.92. The molecular weight excluding hydrogens is 284 g/mol. The average Bonchev–Trinajstić information content (AvgIpc) is 2.54. The van der Waals surface area contributed by atoms with Crippen molar-refractivity contribution in [2.24, 2.45) is 5.92 Å². The van der Waals surface area contributed by atoms with Crippen molar-refractivity contribution in [3.8, 4) is 0 Å². The van der Waals surface area contributed by atoms with E-state index in [1.807, 2.05) is 0 Å². The van der Waals surface area contributed by atoms with E-state index >= 15 is 0 Å². The second-order valence-electron chi connectivity index (χ2n) is 6.02. The van der Waals surface area contributed by atoms with E-state index in [0.29, 0.717) is 17.9 Å². The molecule has 6 heteroatoms. The van der Waals surface area contributed by atoms with Gasteiger partial charge < -0.3 is 0 Å². The smallest absolute Gasteiger partial charge is 0.269 e. The van der Waals surface area contributed by atoms with E-state index < -0.39 is 4.92 Å². The summed E-state index contributed by atoms with van der Waals surface area (Å²) in [6.07, 6.45) is 5.43. The second-order valence-corrected chi connectivity index (χ2v) is 6.02. The molecule has 6 nitrogen and oxygen atoms in total. The molecule has 0 bridgehead atoms. The van der Waals surface area contributed by atoms with Crippen LogP contribution in [-0.4, -0.2) is 27.7 Å². The maximum atomic E-state index is 12.7. The normalized spacial score (nSPS) is 24.7. The summed E-state index contributed by atoms with van der Waals surface area (Å²) in [6.45, 7) is 0. The SMILES string of the molecule is O=C1CCC2CCCCC2N1C(=O)c1ccc([N+](=O)[O-])cc1. The van der Waals surface area contributed by atoms with Crippen LogP contribution in [0.2, 0.25) is 0 Å². The molecule has 2 amide bonds. The number of benzene rings is 1. The maximum Gasteiger partial charge on any atom is 0.269 e. The quantitative estimate of drug-likeness (QED) is 0.478.